The van der Waals surface area contributed by atoms with Gasteiger partial charge in [0, 0.05) is 43.7 Å². The van der Waals surface area contributed by atoms with Crippen molar-refractivity contribution in [2.75, 3.05) is 39.3 Å². The summed E-state index contributed by atoms with van der Waals surface area (Å²) in [4.78, 5) is 32.0. The van der Waals surface area contributed by atoms with E-state index in [-0.39, 0.29) is 11.7 Å². The summed E-state index contributed by atoms with van der Waals surface area (Å²) in [5, 5.41) is 1.41. The van der Waals surface area contributed by atoms with Gasteiger partial charge >= 0.3 is 6.09 Å². The van der Waals surface area contributed by atoms with Gasteiger partial charge in [0.05, 0.1) is 11.1 Å². The molecule has 0 saturated carbocycles. The number of H-pyrrole nitrogens is 1. The Kier molecular flexibility index (Phi) is 6.70. The molecule has 2 aromatic carbocycles. The number of hydrogen-bond acceptors (Lipinski definition) is 5. The molecule has 0 spiro atoms. The molecular formula is C26H31N3O4. The summed E-state index contributed by atoms with van der Waals surface area (Å²) in [5.41, 5.74) is 0.975. The summed E-state index contributed by atoms with van der Waals surface area (Å²) >= 11 is 0. The average molecular weight is 450 g/mol. The van der Waals surface area contributed by atoms with Crippen molar-refractivity contribution >= 4 is 16.9 Å². The van der Waals surface area contributed by atoms with E-state index in [4.69, 9.17) is 9.47 Å². The van der Waals surface area contributed by atoms with E-state index >= 15 is 0 Å². The third-order valence-electron chi connectivity index (χ3n) is 5.62. The highest BCUT2D eigenvalue weighted by Gasteiger charge is 2.25. The normalized spacial score (nSPS) is 14.9. The number of carbonyl (C=O) groups is 1. The zero-order valence-corrected chi connectivity index (χ0v) is 19.5. The number of piperazine rings is 1. The molecule has 0 atom stereocenters. The van der Waals surface area contributed by atoms with Crippen LogP contribution in [0.2, 0.25) is 0 Å². The van der Waals surface area contributed by atoms with E-state index in [0.29, 0.717) is 36.5 Å². The number of nitrogens with zero attached hydrogens (tertiary/aromatic N) is 2. The van der Waals surface area contributed by atoms with Crippen LogP contribution in [0, 0.1) is 0 Å². The van der Waals surface area contributed by atoms with E-state index in [1.165, 1.54) is 0 Å². The summed E-state index contributed by atoms with van der Waals surface area (Å²) in [6, 6.07) is 17.3. The van der Waals surface area contributed by atoms with E-state index in [9.17, 15) is 9.59 Å². The first kappa shape index (κ1) is 22.9. The van der Waals surface area contributed by atoms with Crippen LogP contribution < -0.4 is 10.3 Å². The van der Waals surface area contributed by atoms with Crippen LogP contribution in [-0.4, -0.2) is 65.8 Å². The molecule has 0 unspecified atom stereocenters. The van der Waals surface area contributed by atoms with Crippen LogP contribution in [0.5, 0.6) is 5.75 Å². The highest BCUT2D eigenvalue weighted by Crippen LogP contribution is 2.33. The Morgan fingerprint density at radius 2 is 1.58 bits per heavy atom. The number of pyridine rings is 1. The molecule has 1 aliphatic rings. The van der Waals surface area contributed by atoms with Crippen LogP contribution >= 0.6 is 0 Å². The molecule has 7 heteroatoms. The number of hydrogen-bond donors (Lipinski definition) is 1. The summed E-state index contributed by atoms with van der Waals surface area (Å²) in [5.74, 6) is 0.684. The predicted octanol–water partition coefficient (Wildman–Crippen LogP) is 4.13. The third kappa shape index (κ3) is 5.54. The monoisotopic (exact) mass is 449 g/mol. The van der Waals surface area contributed by atoms with Gasteiger partial charge in [-0.2, -0.15) is 0 Å². The fraction of sp³-hybridized carbons (Fsp3) is 0.385. The topological polar surface area (TPSA) is 74.9 Å². The van der Waals surface area contributed by atoms with Crippen LogP contribution in [0.4, 0.5) is 4.79 Å². The SMILES string of the molecule is CC(C)(C)OC(=O)N1CCN(CCOc2c(-c3ccccc3)[nH]c(=O)c3ccccc23)CC1. The van der Waals surface area contributed by atoms with E-state index in [2.05, 4.69) is 9.88 Å². The van der Waals surface area contributed by atoms with E-state index in [1.54, 1.807) is 4.90 Å². The molecule has 0 radical (unpaired) electrons. The number of aromatic amines is 1. The number of carbonyl (C=O) groups excluding carboxylic acids is 1. The first-order valence-electron chi connectivity index (χ1n) is 11.4. The maximum Gasteiger partial charge on any atom is 0.410 e. The van der Waals surface area contributed by atoms with Crippen molar-refractivity contribution in [3.05, 3.63) is 65.0 Å². The van der Waals surface area contributed by atoms with Gasteiger partial charge in [0.25, 0.3) is 5.56 Å². The lowest BCUT2D eigenvalue weighted by Crippen LogP contribution is -2.50. The molecule has 33 heavy (non-hydrogen) atoms. The number of rotatable bonds is 5. The predicted molar refractivity (Wildman–Crippen MR) is 130 cm³/mol. The molecule has 1 fully saturated rings. The molecule has 7 nitrogen and oxygen atoms in total. The van der Waals surface area contributed by atoms with Crippen LogP contribution in [0.1, 0.15) is 20.8 Å². The minimum atomic E-state index is -0.488. The van der Waals surface area contributed by atoms with Gasteiger partial charge in [-0.3, -0.25) is 9.69 Å². The number of nitrogens with one attached hydrogen (secondary N) is 1. The standard InChI is InChI=1S/C26H31N3O4/c1-26(2,3)33-25(31)29-15-13-28(14-16-29)17-18-32-23-20-11-7-8-12-21(20)24(30)27-22(23)19-9-5-4-6-10-19/h4-12H,13-18H2,1-3H3,(H,27,30). The van der Waals surface area contributed by atoms with Gasteiger partial charge < -0.3 is 19.4 Å². The molecule has 0 bridgehead atoms. The summed E-state index contributed by atoms with van der Waals surface area (Å²) < 4.78 is 11.8. The fourth-order valence-electron chi connectivity index (χ4n) is 3.97. The van der Waals surface area contributed by atoms with Crippen molar-refractivity contribution in [1.82, 2.24) is 14.8 Å². The zero-order chi connectivity index (χ0) is 23.4. The van der Waals surface area contributed by atoms with Crippen LogP contribution in [-0.2, 0) is 4.74 Å². The number of ether oxygens (including phenoxy) is 2. The summed E-state index contributed by atoms with van der Waals surface area (Å²) in [7, 11) is 0. The molecule has 4 rings (SSSR count). The smallest absolute Gasteiger partial charge is 0.410 e. The summed E-state index contributed by atoms with van der Waals surface area (Å²) in [6.45, 7) is 9.62. The minimum Gasteiger partial charge on any atom is -0.489 e. The first-order valence-corrected chi connectivity index (χ1v) is 11.4. The lowest BCUT2D eigenvalue weighted by Gasteiger charge is -2.35. The largest absolute Gasteiger partial charge is 0.489 e. The number of benzene rings is 2. The molecule has 1 aromatic heterocycles. The Hall–Kier alpha value is -3.32. The second kappa shape index (κ2) is 9.67. The third-order valence-corrected chi connectivity index (χ3v) is 5.62. The fourth-order valence-corrected chi connectivity index (χ4v) is 3.97. The molecule has 1 amide bonds. The van der Waals surface area contributed by atoms with Gasteiger partial charge in [0.15, 0.2) is 5.75 Å². The van der Waals surface area contributed by atoms with Crippen LogP contribution in [0.3, 0.4) is 0 Å². The zero-order valence-electron chi connectivity index (χ0n) is 19.5. The molecule has 1 N–H and O–H groups in total. The molecule has 174 valence electrons. The minimum absolute atomic E-state index is 0.130. The van der Waals surface area contributed by atoms with E-state index < -0.39 is 5.60 Å². The number of amides is 1. The van der Waals surface area contributed by atoms with E-state index in [0.717, 1.165) is 30.6 Å². The highest BCUT2D eigenvalue weighted by atomic mass is 16.6. The van der Waals surface area contributed by atoms with Gasteiger partial charge in [-0.25, -0.2) is 4.79 Å². The highest BCUT2D eigenvalue weighted by molar-refractivity contribution is 5.92. The number of aromatic nitrogens is 1. The lowest BCUT2D eigenvalue weighted by molar-refractivity contribution is 0.0137. The van der Waals surface area contributed by atoms with Gasteiger partial charge in [0.1, 0.15) is 12.2 Å². The maximum absolute atomic E-state index is 12.7. The lowest BCUT2D eigenvalue weighted by atomic mass is 10.1. The maximum atomic E-state index is 12.7. The second-order valence-electron chi connectivity index (χ2n) is 9.23. The quantitative estimate of drug-likeness (QED) is 0.634. The second-order valence-corrected chi connectivity index (χ2v) is 9.23. The first-order chi connectivity index (χ1) is 15.8. The van der Waals surface area contributed by atoms with Gasteiger partial charge in [-0.05, 0) is 26.8 Å². The van der Waals surface area contributed by atoms with Crippen LogP contribution in [0.15, 0.2) is 59.4 Å². The van der Waals surface area contributed by atoms with Crippen molar-refractivity contribution in [2.24, 2.45) is 0 Å². The van der Waals surface area contributed by atoms with Crippen molar-refractivity contribution in [3.8, 4) is 17.0 Å². The van der Waals surface area contributed by atoms with Crippen molar-refractivity contribution in [1.29, 1.82) is 0 Å². The average Bonchev–Trinajstić information content (AvgIpc) is 2.80. The Balaban J connectivity index is 1.44. The Morgan fingerprint density at radius 1 is 0.939 bits per heavy atom. The Labute approximate surface area is 193 Å². The molecule has 0 aliphatic carbocycles. The van der Waals surface area contributed by atoms with Crippen LogP contribution in [0.25, 0.3) is 22.0 Å². The van der Waals surface area contributed by atoms with Gasteiger partial charge in [-0.15, -0.1) is 0 Å². The molecule has 3 aromatic rings. The van der Waals surface area contributed by atoms with Crippen molar-refractivity contribution < 1.29 is 14.3 Å². The molecule has 1 saturated heterocycles. The van der Waals surface area contributed by atoms with Gasteiger partial charge in [-0.1, -0.05) is 48.5 Å². The van der Waals surface area contributed by atoms with Crippen molar-refractivity contribution in [2.45, 2.75) is 26.4 Å². The molecule has 2 heterocycles. The van der Waals surface area contributed by atoms with E-state index in [1.807, 2.05) is 75.4 Å². The summed E-state index contributed by atoms with van der Waals surface area (Å²) in [6.07, 6.45) is -0.259. The number of fused-ring (bicyclic) bond motifs is 1. The molecule has 1 aliphatic heterocycles. The molecular weight excluding hydrogens is 418 g/mol. The van der Waals surface area contributed by atoms with Crippen molar-refractivity contribution in [3.63, 3.8) is 0 Å². The Morgan fingerprint density at radius 3 is 2.24 bits per heavy atom. The Bertz CT molecular complexity index is 1160. The van der Waals surface area contributed by atoms with Gasteiger partial charge in [0.2, 0.25) is 0 Å².